The van der Waals surface area contributed by atoms with Crippen molar-refractivity contribution < 1.29 is 14.9 Å². The number of aryl methyl sites for hydroxylation is 1. The molecule has 6 nitrogen and oxygen atoms in total. The van der Waals surface area contributed by atoms with Crippen LogP contribution in [0.1, 0.15) is 49.5 Å². The average molecular weight is 498 g/mol. The predicted molar refractivity (Wildman–Crippen MR) is 140 cm³/mol. The van der Waals surface area contributed by atoms with E-state index in [1.807, 2.05) is 48.3 Å². The number of halogens is 1. The van der Waals surface area contributed by atoms with E-state index in [4.69, 9.17) is 16.3 Å². The number of para-hydroxylation sites is 1. The molecule has 2 aromatic carbocycles. The van der Waals surface area contributed by atoms with Crippen LogP contribution in [0, 0.1) is 0 Å². The summed E-state index contributed by atoms with van der Waals surface area (Å²) >= 11 is 6.01. The molecule has 35 heavy (non-hydrogen) atoms. The topological polar surface area (TPSA) is 61.1 Å². The maximum absolute atomic E-state index is 11.5. The van der Waals surface area contributed by atoms with Gasteiger partial charge in [0.05, 0.1) is 5.69 Å². The van der Waals surface area contributed by atoms with Crippen LogP contribution in [-0.4, -0.2) is 63.0 Å². The van der Waals surface area contributed by atoms with Gasteiger partial charge < -0.3 is 24.4 Å². The first kappa shape index (κ1) is 24.6. The van der Waals surface area contributed by atoms with Crippen molar-refractivity contribution in [3.05, 3.63) is 64.8 Å². The Balaban J connectivity index is 1.34. The second kappa shape index (κ2) is 10.9. The summed E-state index contributed by atoms with van der Waals surface area (Å²) in [5, 5.41) is 24.4. The molecule has 0 aliphatic carbocycles. The second-order valence-corrected chi connectivity index (χ2v) is 10.3. The minimum absolute atomic E-state index is 0.281. The second-order valence-electron chi connectivity index (χ2n) is 9.90. The van der Waals surface area contributed by atoms with Crippen molar-refractivity contribution in [3.8, 4) is 5.75 Å². The number of piperidine rings is 2. The smallest absolute Gasteiger partial charge is 0.137 e. The van der Waals surface area contributed by atoms with Crippen molar-refractivity contribution in [3.63, 3.8) is 0 Å². The molecule has 5 rings (SSSR count). The lowest BCUT2D eigenvalue weighted by atomic mass is 9.98. The van der Waals surface area contributed by atoms with E-state index >= 15 is 0 Å². The number of ether oxygens (including phenoxy) is 1. The van der Waals surface area contributed by atoms with Crippen molar-refractivity contribution in [2.45, 2.75) is 57.1 Å². The highest BCUT2D eigenvalue weighted by Crippen LogP contribution is 2.35. The molecule has 2 fully saturated rings. The minimum Gasteiger partial charge on any atom is -0.487 e. The number of aromatic nitrogens is 1. The van der Waals surface area contributed by atoms with Crippen molar-refractivity contribution in [1.82, 2.24) is 14.4 Å². The predicted octanol–water partition coefficient (Wildman–Crippen LogP) is 4.71. The molecule has 2 aliphatic rings. The van der Waals surface area contributed by atoms with Crippen LogP contribution in [0.5, 0.6) is 5.75 Å². The van der Waals surface area contributed by atoms with E-state index in [0.29, 0.717) is 16.8 Å². The molecule has 2 atom stereocenters. The van der Waals surface area contributed by atoms with E-state index in [9.17, 15) is 10.2 Å². The Morgan fingerprint density at radius 1 is 0.943 bits per heavy atom. The fourth-order valence-corrected chi connectivity index (χ4v) is 5.94. The van der Waals surface area contributed by atoms with Crippen LogP contribution in [0.4, 0.5) is 0 Å². The zero-order valence-electron chi connectivity index (χ0n) is 20.4. The lowest BCUT2D eigenvalue weighted by Gasteiger charge is -2.42. The Kier molecular flexibility index (Phi) is 7.65. The molecule has 3 aromatic rings. The number of fused-ring (bicyclic) bond motifs is 1. The fourth-order valence-electron chi connectivity index (χ4n) is 5.81. The highest BCUT2D eigenvalue weighted by atomic mass is 35.5. The molecule has 0 saturated carbocycles. The van der Waals surface area contributed by atoms with E-state index in [-0.39, 0.29) is 6.61 Å². The molecule has 2 unspecified atom stereocenters. The maximum Gasteiger partial charge on any atom is 0.137 e. The van der Waals surface area contributed by atoms with Gasteiger partial charge in [-0.1, -0.05) is 36.2 Å². The summed E-state index contributed by atoms with van der Waals surface area (Å²) in [6.07, 6.45) is 4.01. The number of benzene rings is 2. The number of aliphatic hydroxyl groups excluding tert-OH is 2. The Hall–Kier alpha value is -2.09. The molecule has 0 bridgehead atoms. The summed E-state index contributed by atoms with van der Waals surface area (Å²) in [7, 11) is 1.98. The highest BCUT2D eigenvalue weighted by molar-refractivity contribution is 6.30. The van der Waals surface area contributed by atoms with Gasteiger partial charge in [-0.3, -0.25) is 4.90 Å². The summed E-state index contributed by atoms with van der Waals surface area (Å²) in [6, 6.07) is 15.9. The standard InChI is InChI=1S/C28H36ClN3O3/c1-30-24-8-4-3-7-23(24)26(25(30)19-35-22-11-9-20(29)10-12-22)27(33)28(34)32-17-13-21(14-18-32)31-15-5-2-6-16-31/h3-4,7-12,21,27-28,33-34H,2,5-6,13-19H2,1H3. The Bertz CT molecular complexity index is 1120. The molecule has 1 aromatic heterocycles. The third kappa shape index (κ3) is 5.23. The van der Waals surface area contributed by atoms with Gasteiger partial charge in [0.1, 0.15) is 24.7 Å². The Morgan fingerprint density at radius 3 is 2.34 bits per heavy atom. The molecule has 2 saturated heterocycles. The number of hydrogen-bond donors (Lipinski definition) is 2. The van der Waals surface area contributed by atoms with Crippen LogP contribution < -0.4 is 4.74 Å². The van der Waals surface area contributed by atoms with Gasteiger partial charge in [0.2, 0.25) is 0 Å². The van der Waals surface area contributed by atoms with Gasteiger partial charge >= 0.3 is 0 Å². The minimum atomic E-state index is -1.03. The van der Waals surface area contributed by atoms with Crippen molar-refractivity contribution in [2.24, 2.45) is 7.05 Å². The maximum atomic E-state index is 11.5. The van der Waals surface area contributed by atoms with Crippen molar-refractivity contribution in [2.75, 3.05) is 26.2 Å². The van der Waals surface area contributed by atoms with E-state index < -0.39 is 12.3 Å². The fraction of sp³-hybridized carbons (Fsp3) is 0.500. The van der Waals surface area contributed by atoms with Gasteiger partial charge in [-0.25, -0.2) is 0 Å². The van der Waals surface area contributed by atoms with Gasteiger partial charge in [-0.2, -0.15) is 0 Å². The van der Waals surface area contributed by atoms with Crippen molar-refractivity contribution in [1.29, 1.82) is 0 Å². The monoisotopic (exact) mass is 497 g/mol. The van der Waals surface area contributed by atoms with Gasteiger partial charge in [0.25, 0.3) is 0 Å². The quantitative estimate of drug-likeness (QED) is 0.495. The lowest BCUT2D eigenvalue weighted by Crippen LogP contribution is -2.50. The van der Waals surface area contributed by atoms with Gasteiger partial charge in [0, 0.05) is 47.7 Å². The third-order valence-corrected chi connectivity index (χ3v) is 8.07. The lowest BCUT2D eigenvalue weighted by molar-refractivity contribution is -0.0984. The molecule has 7 heteroatoms. The molecule has 0 spiro atoms. The molecule has 0 amide bonds. The average Bonchev–Trinajstić information content (AvgIpc) is 3.19. The largest absolute Gasteiger partial charge is 0.487 e. The number of rotatable bonds is 7. The number of aliphatic hydroxyl groups is 2. The molecule has 0 radical (unpaired) electrons. The van der Waals surface area contributed by atoms with E-state index in [1.54, 1.807) is 12.1 Å². The molecular weight excluding hydrogens is 462 g/mol. The first-order chi connectivity index (χ1) is 17.0. The Morgan fingerprint density at radius 2 is 1.63 bits per heavy atom. The van der Waals surface area contributed by atoms with Crippen LogP contribution in [0.2, 0.25) is 5.02 Å². The summed E-state index contributed by atoms with van der Waals surface area (Å²) in [5.74, 6) is 0.709. The summed E-state index contributed by atoms with van der Waals surface area (Å²) < 4.78 is 8.12. The molecule has 188 valence electrons. The summed E-state index contributed by atoms with van der Waals surface area (Å²) in [4.78, 5) is 4.66. The van der Waals surface area contributed by atoms with Crippen LogP contribution >= 0.6 is 11.6 Å². The molecule has 3 heterocycles. The normalized spacial score (nSPS) is 20.2. The number of nitrogens with zero attached hydrogens (tertiary/aromatic N) is 3. The number of likely N-dealkylation sites (tertiary alicyclic amines) is 2. The van der Waals surface area contributed by atoms with E-state index in [1.165, 1.54) is 32.4 Å². The van der Waals surface area contributed by atoms with Crippen LogP contribution in [0.25, 0.3) is 10.9 Å². The van der Waals surface area contributed by atoms with Gasteiger partial charge in [-0.15, -0.1) is 0 Å². The van der Waals surface area contributed by atoms with Crippen molar-refractivity contribution >= 4 is 22.5 Å². The van der Waals surface area contributed by atoms with Gasteiger partial charge in [0.15, 0.2) is 0 Å². The Labute approximate surface area is 212 Å². The van der Waals surface area contributed by atoms with Crippen LogP contribution in [-0.2, 0) is 13.7 Å². The van der Waals surface area contributed by atoms with E-state index in [2.05, 4.69) is 9.47 Å². The third-order valence-electron chi connectivity index (χ3n) is 7.82. The molecule has 2 N–H and O–H groups in total. The highest BCUT2D eigenvalue weighted by Gasteiger charge is 2.34. The SMILES string of the molecule is Cn1c(COc2ccc(Cl)cc2)c(C(O)C(O)N2CCC(N3CCCCC3)CC2)c2ccccc21. The molecular formula is C28H36ClN3O3. The first-order valence-corrected chi connectivity index (χ1v) is 13.2. The van der Waals surface area contributed by atoms with Crippen LogP contribution in [0.15, 0.2) is 48.5 Å². The first-order valence-electron chi connectivity index (χ1n) is 12.8. The van der Waals surface area contributed by atoms with Crippen LogP contribution in [0.3, 0.4) is 0 Å². The summed E-state index contributed by atoms with van der Waals surface area (Å²) in [5.41, 5.74) is 2.60. The zero-order valence-corrected chi connectivity index (χ0v) is 21.2. The zero-order chi connectivity index (χ0) is 24.4. The molecule has 2 aliphatic heterocycles. The summed E-state index contributed by atoms with van der Waals surface area (Å²) in [6.45, 7) is 4.26. The number of hydrogen-bond acceptors (Lipinski definition) is 5. The van der Waals surface area contributed by atoms with E-state index in [0.717, 1.165) is 48.1 Å². The van der Waals surface area contributed by atoms with Gasteiger partial charge in [-0.05, 0) is 69.1 Å².